The molecule has 0 aliphatic carbocycles. The monoisotopic (exact) mass is 441 g/mol. The summed E-state index contributed by atoms with van der Waals surface area (Å²) in [5.41, 5.74) is 1.14. The van der Waals surface area contributed by atoms with Crippen molar-refractivity contribution in [3.63, 3.8) is 0 Å². The van der Waals surface area contributed by atoms with Crippen molar-refractivity contribution in [1.29, 1.82) is 0 Å². The lowest BCUT2D eigenvalue weighted by atomic mass is 10.0. The van der Waals surface area contributed by atoms with Gasteiger partial charge in [0, 0.05) is 48.9 Å². The summed E-state index contributed by atoms with van der Waals surface area (Å²) in [5, 5.41) is 25.6. The van der Waals surface area contributed by atoms with Crippen LogP contribution in [0.15, 0.2) is 41.8 Å². The second-order valence-electron chi connectivity index (χ2n) is 8.22. The molecule has 4 rings (SSSR count). The molecule has 0 saturated carbocycles. The summed E-state index contributed by atoms with van der Waals surface area (Å²) >= 11 is 1.71. The van der Waals surface area contributed by atoms with Crippen molar-refractivity contribution in [1.82, 2.24) is 25.1 Å². The number of thiophene rings is 1. The van der Waals surface area contributed by atoms with Crippen LogP contribution in [-0.4, -0.2) is 56.2 Å². The van der Waals surface area contributed by atoms with Gasteiger partial charge >= 0.3 is 0 Å². The number of aromatic nitrogens is 4. The molecular weight excluding hydrogens is 414 g/mol. The van der Waals surface area contributed by atoms with Gasteiger partial charge in [0.05, 0.1) is 17.5 Å². The van der Waals surface area contributed by atoms with Crippen LogP contribution in [0.2, 0.25) is 0 Å². The normalized spacial score (nSPS) is 16.0. The number of tetrazole rings is 1. The van der Waals surface area contributed by atoms with Gasteiger partial charge in [-0.1, -0.05) is 19.9 Å². The Morgan fingerprint density at radius 2 is 1.87 bits per heavy atom. The zero-order valence-electron chi connectivity index (χ0n) is 17.8. The zero-order valence-corrected chi connectivity index (χ0v) is 18.6. The number of piperazine rings is 1. The second-order valence-corrected chi connectivity index (χ2v) is 9.25. The summed E-state index contributed by atoms with van der Waals surface area (Å²) in [7, 11) is 0. The van der Waals surface area contributed by atoms with Gasteiger partial charge in [0.2, 0.25) is 0 Å². The lowest BCUT2D eigenvalue weighted by Gasteiger charge is -2.40. The molecule has 0 amide bonds. The Hall–Kier alpha value is -2.85. The molecule has 1 aliphatic rings. The fourth-order valence-corrected chi connectivity index (χ4v) is 4.74. The molecule has 10 heteroatoms. The Morgan fingerprint density at radius 3 is 2.48 bits per heavy atom. The van der Waals surface area contributed by atoms with Crippen LogP contribution >= 0.6 is 11.3 Å². The van der Waals surface area contributed by atoms with Crippen molar-refractivity contribution in [3.8, 4) is 0 Å². The van der Waals surface area contributed by atoms with E-state index in [1.807, 2.05) is 22.9 Å². The molecule has 164 valence electrons. The van der Waals surface area contributed by atoms with Gasteiger partial charge in [0.25, 0.3) is 5.69 Å². The van der Waals surface area contributed by atoms with Crippen molar-refractivity contribution in [2.45, 2.75) is 32.9 Å². The van der Waals surface area contributed by atoms with Crippen LogP contribution in [0, 0.1) is 16.0 Å². The first-order valence-corrected chi connectivity index (χ1v) is 11.4. The lowest BCUT2D eigenvalue weighted by molar-refractivity contribution is -0.384. The van der Waals surface area contributed by atoms with Crippen molar-refractivity contribution in [2.24, 2.45) is 5.92 Å². The van der Waals surface area contributed by atoms with Gasteiger partial charge in [-0.15, -0.1) is 16.4 Å². The van der Waals surface area contributed by atoms with Crippen LogP contribution < -0.4 is 4.90 Å². The van der Waals surface area contributed by atoms with E-state index in [1.165, 1.54) is 4.88 Å². The predicted octanol–water partition coefficient (Wildman–Crippen LogP) is 3.60. The van der Waals surface area contributed by atoms with Gasteiger partial charge in [-0.25, -0.2) is 4.68 Å². The minimum Gasteiger partial charge on any atom is -0.369 e. The van der Waals surface area contributed by atoms with Crippen molar-refractivity contribution in [2.75, 3.05) is 31.1 Å². The third-order valence-electron chi connectivity index (χ3n) is 5.62. The molecule has 0 N–H and O–H groups in total. The van der Waals surface area contributed by atoms with Gasteiger partial charge in [-0.05, 0) is 46.3 Å². The molecule has 1 aliphatic heterocycles. The maximum Gasteiger partial charge on any atom is 0.269 e. The molecule has 1 atom stereocenters. The minimum atomic E-state index is -0.362. The molecule has 0 bridgehead atoms. The fraction of sp³-hybridized carbons (Fsp3) is 0.476. The summed E-state index contributed by atoms with van der Waals surface area (Å²) in [4.78, 5) is 16.5. The summed E-state index contributed by atoms with van der Waals surface area (Å²) in [6.07, 6.45) is 0.988. The van der Waals surface area contributed by atoms with E-state index < -0.39 is 0 Å². The lowest BCUT2D eigenvalue weighted by Crippen LogP contribution is -2.48. The van der Waals surface area contributed by atoms with E-state index in [0.717, 1.165) is 44.1 Å². The van der Waals surface area contributed by atoms with Gasteiger partial charge in [0.1, 0.15) is 0 Å². The second kappa shape index (κ2) is 9.52. The van der Waals surface area contributed by atoms with E-state index in [9.17, 15) is 10.1 Å². The van der Waals surface area contributed by atoms with E-state index in [1.54, 1.807) is 23.5 Å². The summed E-state index contributed by atoms with van der Waals surface area (Å²) in [5.74, 6) is 1.44. The molecule has 0 radical (unpaired) electrons. The number of anilines is 1. The van der Waals surface area contributed by atoms with Gasteiger partial charge in [-0.3, -0.25) is 15.0 Å². The number of rotatable bonds is 8. The van der Waals surface area contributed by atoms with E-state index in [-0.39, 0.29) is 16.7 Å². The minimum absolute atomic E-state index is 0.122. The average molecular weight is 442 g/mol. The summed E-state index contributed by atoms with van der Waals surface area (Å²) in [6.45, 7) is 8.65. The van der Waals surface area contributed by atoms with Crippen LogP contribution in [0.5, 0.6) is 0 Å². The average Bonchev–Trinajstić information content (AvgIpc) is 3.45. The number of hydrogen-bond acceptors (Lipinski definition) is 8. The Labute approximate surface area is 185 Å². The van der Waals surface area contributed by atoms with Crippen LogP contribution in [0.4, 0.5) is 11.4 Å². The topological polar surface area (TPSA) is 93.2 Å². The zero-order chi connectivity index (χ0) is 21.8. The molecule has 3 heterocycles. The molecule has 1 aromatic carbocycles. The first kappa shape index (κ1) is 21.4. The molecule has 9 nitrogen and oxygen atoms in total. The molecule has 1 fully saturated rings. The Bertz CT molecular complexity index is 980. The summed E-state index contributed by atoms with van der Waals surface area (Å²) in [6, 6.07) is 11.1. The summed E-state index contributed by atoms with van der Waals surface area (Å²) < 4.78 is 1.93. The van der Waals surface area contributed by atoms with E-state index in [0.29, 0.717) is 12.5 Å². The van der Waals surface area contributed by atoms with E-state index in [2.05, 4.69) is 50.6 Å². The van der Waals surface area contributed by atoms with Crippen LogP contribution in [0.3, 0.4) is 0 Å². The standard InChI is InChI=1S/C21H27N7O2S/c1-16(2)14-20(21-22-23-24-27(21)15-19-4-3-13-31-19)26-11-9-25(10-12-26)17-5-7-18(8-6-17)28(29)30/h3-8,13,16,20H,9-12,14-15H2,1-2H3. The molecule has 2 aromatic heterocycles. The third kappa shape index (κ3) is 5.08. The highest BCUT2D eigenvalue weighted by atomic mass is 32.1. The van der Waals surface area contributed by atoms with Crippen molar-refractivity contribution < 1.29 is 4.92 Å². The largest absolute Gasteiger partial charge is 0.369 e. The smallest absolute Gasteiger partial charge is 0.269 e. The Kier molecular flexibility index (Phi) is 6.57. The Balaban J connectivity index is 1.46. The number of nitro benzene ring substituents is 1. The molecule has 1 saturated heterocycles. The Morgan fingerprint density at radius 1 is 1.13 bits per heavy atom. The van der Waals surface area contributed by atoms with Crippen molar-refractivity contribution in [3.05, 3.63) is 62.6 Å². The van der Waals surface area contributed by atoms with Gasteiger partial charge < -0.3 is 4.90 Å². The maximum atomic E-state index is 10.9. The van der Waals surface area contributed by atoms with E-state index in [4.69, 9.17) is 0 Å². The molecular formula is C21H27N7O2S. The number of nitro groups is 1. The molecule has 31 heavy (non-hydrogen) atoms. The fourth-order valence-electron chi connectivity index (χ4n) is 4.05. The first-order chi connectivity index (χ1) is 15.0. The molecule has 0 spiro atoms. The SMILES string of the molecule is CC(C)CC(c1nnnn1Cc1cccs1)N1CCN(c2ccc([N+](=O)[O-])cc2)CC1. The number of hydrogen-bond donors (Lipinski definition) is 0. The third-order valence-corrected chi connectivity index (χ3v) is 6.48. The molecule has 1 unspecified atom stereocenters. The van der Waals surface area contributed by atoms with Crippen molar-refractivity contribution >= 4 is 22.7 Å². The number of nitrogens with zero attached hydrogens (tertiary/aromatic N) is 7. The van der Waals surface area contributed by atoms with Gasteiger partial charge in [0.15, 0.2) is 5.82 Å². The maximum absolute atomic E-state index is 10.9. The first-order valence-electron chi connectivity index (χ1n) is 10.5. The number of benzene rings is 1. The highest BCUT2D eigenvalue weighted by Gasteiger charge is 2.30. The van der Waals surface area contributed by atoms with Gasteiger partial charge in [-0.2, -0.15) is 0 Å². The highest BCUT2D eigenvalue weighted by molar-refractivity contribution is 7.09. The van der Waals surface area contributed by atoms with Crippen LogP contribution in [0.1, 0.15) is 37.0 Å². The highest BCUT2D eigenvalue weighted by Crippen LogP contribution is 2.29. The van der Waals surface area contributed by atoms with Crippen LogP contribution in [0.25, 0.3) is 0 Å². The molecule has 3 aromatic rings. The van der Waals surface area contributed by atoms with Crippen LogP contribution in [-0.2, 0) is 6.54 Å². The number of non-ortho nitro benzene ring substituents is 1. The predicted molar refractivity (Wildman–Crippen MR) is 120 cm³/mol. The van der Waals surface area contributed by atoms with E-state index >= 15 is 0 Å². The quantitative estimate of drug-likeness (QED) is 0.389.